The van der Waals surface area contributed by atoms with E-state index >= 15 is 0 Å². The highest BCUT2D eigenvalue weighted by atomic mass is 16.5. The molecule has 0 aliphatic heterocycles. The lowest BCUT2D eigenvalue weighted by molar-refractivity contribution is -0.166. The van der Waals surface area contributed by atoms with Gasteiger partial charge < -0.3 is 20.7 Å². The molecule has 0 bridgehead atoms. The summed E-state index contributed by atoms with van der Waals surface area (Å²) in [6.07, 6.45) is 4.99. The van der Waals surface area contributed by atoms with Gasteiger partial charge in [-0.05, 0) is 57.8 Å². The van der Waals surface area contributed by atoms with Crippen LogP contribution < -0.4 is 31.5 Å². The van der Waals surface area contributed by atoms with Gasteiger partial charge in [-0.25, -0.2) is 15.2 Å². The molecule has 0 aliphatic carbocycles. The summed E-state index contributed by atoms with van der Waals surface area (Å²) in [5.74, 6) is -2.20. The van der Waals surface area contributed by atoms with Crippen molar-refractivity contribution in [3.05, 3.63) is 20.4 Å². The molecule has 0 heterocycles. The van der Waals surface area contributed by atoms with Gasteiger partial charge in [0.05, 0.1) is 7.11 Å². The highest BCUT2D eigenvalue weighted by Crippen LogP contribution is 2.16. The van der Waals surface area contributed by atoms with Gasteiger partial charge in [0.15, 0.2) is 5.75 Å². The van der Waals surface area contributed by atoms with Crippen molar-refractivity contribution < 1.29 is 44.3 Å². The molecular weight excluding hydrogens is 620 g/mol. The van der Waals surface area contributed by atoms with Crippen molar-refractivity contribution in [3.8, 4) is 5.75 Å². The van der Waals surface area contributed by atoms with Crippen molar-refractivity contribution in [2.75, 3.05) is 51.7 Å². The van der Waals surface area contributed by atoms with E-state index in [2.05, 4.69) is 16.0 Å². The molecule has 0 spiro atoms. The lowest BCUT2D eigenvalue weighted by Gasteiger charge is -2.15. The monoisotopic (exact) mass is 670 g/mol. The van der Waals surface area contributed by atoms with E-state index in [-0.39, 0.29) is 68.6 Å². The van der Waals surface area contributed by atoms with Crippen LogP contribution in [0.1, 0.15) is 90.4 Å². The Labute approximate surface area is 273 Å². The van der Waals surface area contributed by atoms with Crippen LogP contribution in [0.4, 0.5) is 5.69 Å². The molecule has 0 saturated heterocycles. The van der Waals surface area contributed by atoms with Crippen LogP contribution in [0.15, 0.2) is 9.59 Å². The van der Waals surface area contributed by atoms with Gasteiger partial charge in [0.25, 0.3) is 10.9 Å². The highest BCUT2D eigenvalue weighted by Gasteiger charge is 2.21. The van der Waals surface area contributed by atoms with E-state index in [9.17, 15) is 49.2 Å². The van der Waals surface area contributed by atoms with Crippen LogP contribution in [0.3, 0.4) is 0 Å². The number of unbranched alkanes of at least 4 members (excludes halogenated alkanes) is 6. The van der Waals surface area contributed by atoms with E-state index in [0.717, 1.165) is 0 Å². The molecule has 0 radical (unpaired) electrons. The minimum atomic E-state index is -0.652. The minimum absolute atomic E-state index is 0.0234. The molecule has 47 heavy (non-hydrogen) atoms. The summed E-state index contributed by atoms with van der Waals surface area (Å²) >= 11 is 0. The van der Waals surface area contributed by atoms with Crippen molar-refractivity contribution in [2.45, 2.75) is 90.4 Å². The summed E-state index contributed by atoms with van der Waals surface area (Å²) in [5.41, 5.74) is -1.09. The molecule has 17 heteroatoms. The number of carbonyl (C=O) groups excluding carboxylic acids is 5. The van der Waals surface area contributed by atoms with Gasteiger partial charge in [0.1, 0.15) is 5.69 Å². The maximum absolute atomic E-state index is 12.1. The van der Waals surface area contributed by atoms with Crippen LogP contribution in [0.2, 0.25) is 0 Å². The number of ether oxygens (including phenoxy) is 1. The normalized spacial score (nSPS) is 10.7. The van der Waals surface area contributed by atoms with Gasteiger partial charge >= 0.3 is 0 Å². The number of rotatable bonds is 26. The van der Waals surface area contributed by atoms with Crippen molar-refractivity contribution in [1.29, 1.82) is 0 Å². The zero-order valence-corrected chi connectivity index (χ0v) is 27.4. The van der Waals surface area contributed by atoms with E-state index in [1.165, 1.54) is 14.0 Å². The maximum atomic E-state index is 12.1. The number of carbonyl (C=O) groups is 5. The Morgan fingerprint density at radius 1 is 0.596 bits per heavy atom. The first-order valence-corrected chi connectivity index (χ1v) is 16.0. The summed E-state index contributed by atoms with van der Waals surface area (Å²) in [5, 5.41) is 39.1. The number of methoxy groups -OCH3 is 1. The van der Waals surface area contributed by atoms with Crippen LogP contribution >= 0.6 is 0 Å². The Morgan fingerprint density at radius 2 is 1.02 bits per heavy atom. The van der Waals surface area contributed by atoms with Crippen molar-refractivity contribution in [2.24, 2.45) is 0 Å². The molecule has 0 aromatic heterocycles. The minimum Gasteiger partial charge on any atom is -0.491 e. The maximum Gasteiger partial charge on any atom is 0.271 e. The third-order valence-corrected chi connectivity index (χ3v) is 7.23. The van der Waals surface area contributed by atoms with E-state index in [4.69, 9.17) is 4.74 Å². The van der Waals surface area contributed by atoms with Crippen molar-refractivity contribution in [3.63, 3.8) is 0 Å². The topological polar surface area (TPSA) is 235 Å². The van der Waals surface area contributed by atoms with E-state index < -0.39 is 28.6 Å². The van der Waals surface area contributed by atoms with Gasteiger partial charge in [-0.1, -0.05) is 0 Å². The molecule has 0 atom stereocenters. The Hall–Kier alpha value is -4.09. The van der Waals surface area contributed by atoms with Gasteiger partial charge in [-0.2, -0.15) is 0 Å². The molecule has 17 nitrogen and oxygen atoms in total. The fourth-order valence-corrected chi connectivity index (χ4v) is 4.37. The van der Waals surface area contributed by atoms with Crippen LogP contribution in [-0.2, 0) is 24.0 Å². The fraction of sp³-hybridized carbons (Fsp3) is 0.700. The van der Waals surface area contributed by atoms with Gasteiger partial charge in [-0.3, -0.25) is 49.2 Å². The smallest absolute Gasteiger partial charge is 0.271 e. The first-order chi connectivity index (χ1) is 22.4. The first-order valence-electron chi connectivity index (χ1n) is 16.0. The Morgan fingerprint density at radius 3 is 1.45 bits per heavy atom. The Kier molecular flexibility index (Phi) is 20.3. The Bertz CT molecular complexity index is 1220. The molecule has 266 valence electrons. The second-order valence-electron chi connectivity index (χ2n) is 11.1. The molecule has 6 N–H and O–H groups in total. The summed E-state index contributed by atoms with van der Waals surface area (Å²) in [6.45, 7) is 2.85. The second kappa shape index (κ2) is 23.3. The fourth-order valence-electron chi connectivity index (χ4n) is 4.37. The number of hydrogen-bond acceptors (Lipinski definition) is 12. The molecule has 1 aromatic rings. The van der Waals surface area contributed by atoms with Crippen molar-refractivity contribution in [1.82, 2.24) is 25.8 Å². The average Bonchev–Trinajstić information content (AvgIpc) is 3.05. The van der Waals surface area contributed by atoms with E-state index in [1.54, 1.807) is 0 Å². The third kappa shape index (κ3) is 16.9. The number of hydrogen-bond donors (Lipinski definition) is 6. The standard InChI is InChI=1S/C30H50N6O11/c1-22(37)34(44)19-9-3-6-16-31-23(38)12-14-25(40)35(45)20-10-4-7-17-32-24(39)13-15-26(41)36(46)21-11-5-8-18-33-27-28(42)29(43)30(27)47-2/h33,44-46H,3-21H2,1-2H3,(H,31,38)(H,32,39). The van der Waals surface area contributed by atoms with Crippen molar-refractivity contribution >= 4 is 35.2 Å². The molecule has 0 unspecified atom stereocenters. The zero-order chi connectivity index (χ0) is 35.2. The molecule has 0 saturated carbocycles. The summed E-state index contributed by atoms with van der Waals surface area (Å²) < 4.78 is 4.84. The molecule has 1 rings (SSSR count). The van der Waals surface area contributed by atoms with Gasteiger partial charge in [0, 0.05) is 71.9 Å². The number of amides is 5. The van der Waals surface area contributed by atoms with E-state index in [1.807, 2.05) is 0 Å². The van der Waals surface area contributed by atoms with Crippen LogP contribution in [-0.4, -0.2) is 107 Å². The number of anilines is 1. The largest absolute Gasteiger partial charge is 0.491 e. The number of hydroxylamine groups is 6. The van der Waals surface area contributed by atoms with Crippen LogP contribution in [0.5, 0.6) is 5.75 Å². The quantitative estimate of drug-likeness (QED) is 0.0346. The predicted octanol–water partition coefficient (Wildman–Crippen LogP) is 0.680. The van der Waals surface area contributed by atoms with Crippen LogP contribution in [0.25, 0.3) is 0 Å². The van der Waals surface area contributed by atoms with Gasteiger partial charge in [-0.15, -0.1) is 0 Å². The number of nitrogens with one attached hydrogen (secondary N) is 3. The summed E-state index contributed by atoms with van der Waals surface area (Å²) in [7, 11) is 1.31. The molecule has 5 amide bonds. The second-order valence-corrected chi connectivity index (χ2v) is 11.1. The SMILES string of the molecule is COc1c(NCCCCCN(O)C(=O)CCC(=O)NCCCCCN(O)C(=O)CCC(=O)NCCCCCN(O)C(C)=O)c(=O)c1=O. The zero-order valence-electron chi connectivity index (χ0n) is 27.4. The molecule has 0 fully saturated rings. The average molecular weight is 671 g/mol. The lowest BCUT2D eigenvalue weighted by atomic mass is 10.2. The van der Waals surface area contributed by atoms with Crippen LogP contribution in [0, 0.1) is 0 Å². The lowest BCUT2D eigenvalue weighted by Crippen LogP contribution is -2.35. The molecule has 0 aliphatic rings. The predicted molar refractivity (Wildman–Crippen MR) is 169 cm³/mol. The molecule has 1 aromatic carbocycles. The molecular formula is C30H50N6O11. The summed E-state index contributed by atoms with van der Waals surface area (Å²) in [4.78, 5) is 81.7. The third-order valence-electron chi connectivity index (χ3n) is 7.23. The summed E-state index contributed by atoms with van der Waals surface area (Å²) in [6, 6.07) is 0. The van der Waals surface area contributed by atoms with Gasteiger partial charge in [0.2, 0.25) is 29.5 Å². The highest BCUT2D eigenvalue weighted by molar-refractivity contribution is 5.83. The van der Waals surface area contributed by atoms with E-state index in [0.29, 0.717) is 92.6 Å². The number of nitrogens with zero attached hydrogens (tertiary/aromatic N) is 3. The Balaban J connectivity index is 2.01. The first kappa shape index (κ1) is 40.9.